The van der Waals surface area contributed by atoms with Gasteiger partial charge in [-0.3, -0.25) is 0 Å². The number of anilines is 1. The molecule has 0 aromatic carbocycles. The number of aliphatic hydroxyl groups is 1. The Hall–Kier alpha value is -1.27. The van der Waals surface area contributed by atoms with E-state index in [2.05, 4.69) is 23.8 Å². The van der Waals surface area contributed by atoms with Crippen molar-refractivity contribution >= 4 is 23.0 Å². The predicted octanol–water partition coefficient (Wildman–Crippen LogP) is 1.10. The van der Waals surface area contributed by atoms with Gasteiger partial charge in [-0.25, -0.2) is 9.97 Å². The van der Waals surface area contributed by atoms with Gasteiger partial charge in [0.25, 0.3) is 0 Å². The molecular weight excluding hydrogens is 248 g/mol. The molecule has 3 N–H and O–H groups in total. The van der Waals surface area contributed by atoms with Crippen LogP contribution >= 0.6 is 12.2 Å². The Morgan fingerprint density at radius 3 is 2.50 bits per heavy atom. The minimum atomic E-state index is 0.0594. The fourth-order valence-electron chi connectivity index (χ4n) is 2.01. The Balaban J connectivity index is 3.16. The first-order chi connectivity index (χ1) is 8.65. The first kappa shape index (κ1) is 14.8. The Morgan fingerprint density at radius 1 is 1.39 bits per heavy atom. The fraction of sp³-hybridized carbons (Fsp3) is 0.583. The van der Waals surface area contributed by atoms with Crippen molar-refractivity contribution in [3.8, 4) is 0 Å². The van der Waals surface area contributed by atoms with Crippen molar-refractivity contribution in [1.29, 1.82) is 0 Å². The summed E-state index contributed by atoms with van der Waals surface area (Å²) < 4.78 is 0. The van der Waals surface area contributed by atoms with Gasteiger partial charge in [0.1, 0.15) is 10.7 Å². The Bertz CT molecular complexity index is 395. The maximum absolute atomic E-state index is 9.21. The van der Waals surface area contributed by atoms with Crippen LogP contribution in [-0.2, 0) is 0 Å². The summed E-state index contributed by atoms with van der Waals surface area (Å²) in [6, 6.07) is 0.293. The van der Waals surface area contributed by atoms with Crippen molar-refractivity contribution in [3.05, 3.63) is 18.1 Å². The van der Waals surface area contributed by atoms with E-state index in [0.29, 0.717) is 24.1 Å². The summed E-state index contributed by atoms with van der Waals surface area (Å²) in [7, 11) is 0. The summed E-state index contributed by atoms with van der Waals surface area (Å²) in [5, 5.41) is 9.21. The molecule has 0 amide bonds. The molecule has 100 valence electrons. The summed E-state index contributed by atoms with van der Waals surface area (Å²) in [6.07, 6.45) is 5.11. The van der Waals surface area contributed by atoms with Crippen LogP contribution in [0, 0.1) is 0 Å². The monoisotopic (exact) mass is 268 g/mol. The maximum atomic E-state index is 9.21. The molecule has 0 spiro atoms. The highest BCUT2D eigenvalue weighted by atomic mass is 32.1. The summed E-state index contributed by atoms with van der Waals surface area (Å²) in [4.78, 5) is 10.8. The van der Waals surface area contributed by atoms with E-state index in [1.54, 1.807) is 12.4 Å². The Morgan fingerprint density at radius 2 is 2.00 bits per heavy atom. The number of nitrogens with zero attached hydrogens (tertiary/aromatic N) is 3. The number of aromatic nitrogens is 2. The highest BCUT2D eigenvalue weighted by molar-refractivity contribution is 7.80. The van der Waals surface area contributed by atoms with Crippen LogP contribution in [0.2, 0.25) is 0 Å². The van der Waals surface area contributed by atoms with Gasteiger partial charge in [0.2, 0.25) is 0 Å². The van der Waals surface area contributed by atoms with Crippen LogP contribution in [0.4, 0.5) is 5.82 Å². The molecule has 18 heavy (non-hydrogen) atoms. The summed E-state index contributed by atoms with van der Waals surface area (Å²) in [5.74, 6) is 0.660. The summed E-state index contributed by atoms with van der Waals surface area (Å²) >= 11 is 5.00. The lowest BCUT2D eigenvalue weighted by atomic mass is 10.1. The van der Waals surface area contributed by atoms with Gasteiger partial charge in [-0.1, -0.05) is 26.1 Å². The van der Waals surface area contributed by atoms with Crippen molar-refractivity contribution in [1.82, 2.24) is 9.97 Å². The van der Waals surface area contributed by atoms with Crippen LogP contribution in [0.1, 0.15) is 32.4 Å². The van der Waals surface area contributed by atoms with Gasteiger partial charge in [0.05, 0.1) is 6.61 Å². The van der Waals surface area contributed by atoms with E-state index in [-0.39, 0.29) is 11.6 Å². The Labute approximate surface area is 113 Å². The molecule has 0 saturated heterocycles. The average Bonchev–Trinajstić information content (AvgIpc) is 2.39. The number of hydrogen-bond donors (Lipinski definition) is 2. The second kappa shape index (κ2) is 7.23. The number of thiocarbonyl (C=S) groups is 1. The molecule has 6 heteroatoms. The van der Waals surface area contributed by atoms with E-state index >= 15 is 0 Å². The minimum absolute atomic E-state index is 0.0594. The van der Waals surface area contributed by atoms with Crippen molar-refractivity contribution in [2.45, 2.75) is 32.7 Å². The molecule has 0 aliphatic heterocycles. The van der Waals surface area contributed by atoms with Crippen LogP contribution < -0.4 is 10.6 Å². The molecule has 0 atom stereocenters. The lowest BCUT2D eigenvalue weighted by Crippen LogP contribution is -2.39. The van der Waals surface area contributed by atoms with Crippen molar-refractivity contribution < 1.29 is 5.11 Å². The second-order valence-corrected chi connectivity index (χ2v) is 4.42. The van der Waals surface area contributed by atoms with E-state index in [0.717, 1.165) is 12.8 Å². The molecule has 5 nitrogen and oxygen atoms in total. The van der Waals surface area contributed by atoms with Gasteiger partial charge in [0.15, 0.2) is 5.82 Å². The van der Waals surface area contributed by atoms with Gasteiger partial charge in [0, 0.05) is 25.0 Å². The fourth-order valence-corrected chi connectivity index (χ4v) is 2.16. The standard InChI is InChI=1S/C12H20N4OS/c1-3-9(4-2)16(7-8-17)12-10(11(13)18)14-5-6-15-12/h5-6,9,17H,3-4,7-8H2,1-2H3,(H2,13,18). The molecule has 0 fully saturated rings. The quantitative estimate of drug-likeness (QED) is 0.721. The molecular formula is C12H20N4OS. The summed E-state index contributed by atoms with van der Waals surface area (Å²) in [6.45, 7) is 4.77. The van der Waals surface area contributed by atoms with Crippen molar-refractivity contribution in [2.24, 2.45) is 5.73 Å². The third kappa shape index (κ3) is 3.36. The smallest absolute Gasteiger partial charge is 0.157 e. The van der Waals surface area contributed by atoms with E-state index in [9.17, 15) is 5.11 Å². The first-order valence-corrected chi connectivity index (χ1v) is 6.54. The van der Waals surface area contributed by atoms with Gasteiger partial charge in [-0.2, -0.15) is 0 Å². The van der Waals surface area contributed by atoms with E-state index in [1.807, 2.05) is 4.90 Å². The van der Waals surface area contributed by atoms with Crippen LogP contribution in [0.3, 0.4) is 0 Å². The van der Waals surface area contributed by atoms with Crippen LogP contribution in [0.25, 0.3) is 0 Å². The van der Waals surface area contributed by atoms with Gasteiger partial charge < -0.3 is 15.7 Å². The highest BCUT2D eigenvalue weighted by Gasteiger charge is 2.21. The normalized spacial score (nSPS) is 10.7. The maximum Gasteiger partial charge on any atom is 0.157 e. The zero-order valence-corrected chi connectivity index (χ0v) is 11.7. The zero-order valence-electron chi connectivity index (χ0n) is 10.8. The van der Waals surface area contributed by atoms with Crippen molar-refractivity contribution in [3.63, 3.8) is 0 Å². The number of aliphatic hydroxyl groups excluding tert-OH is 1. The first-order valence-electron chi connectivity index (χ1n) is 6.13. The zero-order chi connectivity index (χ0) is 13.5. The Kier molecular flexibility index (Phi) is 5.94. The molecule has 0 bridgehead atoms. The molecule has 0 unspecified atom stereocenters. The molecule has 0 radical (unpaired) electrons. The second-order valence-electron chi connectivity index (χ2n) is 3.98. The van der Waals surface area contributed by atoms with Crippen LogP contribution in [0.5, 0.6) is 0 Å². The third-order valence-electron chi connectivity index (χ3n) is 2.91. The van der Waals surface area contributed by atoms with Gasteiger partial charge in [-0.05, 0) is 12.8 Å². The largest absolute Gasteiger partial charge is 0.395 e. The molecule has 0 aliphatic rings. The topological polar surface area (TPSA) is 75.3 Å². The average molecular weight is 268 g/mol. The van der Waals surface area contributed by atoms with Crippen molar-refractivity contribution in [2.75, 3.05) is 18.1 Å². The molecule has 1 aromatic heterocycles. The lowest BCUT2D eigenvalue weighted by molar-refractivity contribution is 0.295. The number of hydrogen-bond acceptors (Lipinski definition) is 5. The molecule has 1 heterocycles. The SMILES string of the molecule is CCC(CC)N(CCO)c1nccnc1C(N)=S. The van der Waals surface area contributed by atoms with E-state index < -0.39 is 0 Å². The predicted molar refractivity (Wildman–Crippen MR) is 76.7 cm³/mol. The van der Waals surface area contributed by atoms with Gasteiger partial charge >= 0.3 is 0 Å². The summed E-state index contributed by atoms with van der Waals surface area (Å²) in [5.41, 5.74) is 6.19. The molecule has 1 rings (SSSR count). The molecule has 1 aromatic rings. The lowest BCUT2D eigenvalue weighted by Gasteiger charge is -2.31. The van der Waals surface area contributed by atoms with E-state index in [1.165, 1.54) is 0 Å². The minimum Gasteiger partial charge on any atom is -0.395 e. The number of rotatable bonds is 7. The number of nitrogens with two attached hydrogens (primary N) is 1. The van der Waals surface area contributed by atoms with Crippen LogP contribution in [0.15, 0.2) is 12.4 Å². The van der Waals surface area contributed by atoms with Gasteiger partial charge in [-0.15, -0.1) is 0 Å². The molecule has 0 saturated carbocycles. The third-order valence-corrected chi connectivity index (χ3v) is 3.10. The van der Waals surface area contributed by atoms with E-state index in [4.69, 9.17) is 18.0 Å². The highest BCUT2D eigenvalue weighted by Crippen LogP contribution is 2.20. The molecule has 0 aliphatic carbocycles. The van der Waals surface area contributed by atoms with Crippen LogP contribution in [-0.4, -0.2) is 39.3 Å².